The average molecular weight is 413 g/mol. The minimum atomic E-state index is -0.172. The van der Waals surface area contributed by atoms with E-state index in [9.17, 15) is 9.59 Å². The van der Waals surface area contributed by atoms with Gasteiger partial charge in [0, 0.05) is 16.5 Å². The Morgan fingerprint density at radius 2 is 1.76 bits per heavy atom. The van der Waals surface area contributed by atoms with Crippen LogP contribution in [0.15, 0.2) is 24.3 Å². The van der Waals surface area contributed by atoms with E-state index in [1.165, 1.54) is 4.88 Å². The number of carbonyl (C=O) groups is 2. The summed E-state index contributed by atoms with van der Waals surface area (Å²) < 4.78 is 0. The Hall–Kier alpha value is -2.14. The standard InChI is InChI=1S/C24H32N2O2S/c1-14(2)25-22(28)20-18-12-11-17(24(4,5)6)13-19(18)29-23(20)26-21(27)16-9-7-15(3)8-10-16/h7-10,14,17H,11-13H2,1-6H3,(H,25,28)(H,26,27). The van der Waals surface area contributed by atoms with Crippen molar-refractivity contribution < 1.29 is 9.59 Å². The fourth-order valence-electron chi connectivity index (χ4n) is 3.87. The lowest BCUT2D eigenvalue weighted by Crippen LogP contribution is -2.32. The van der Waals surface area contributed by atoms with E-state index in [0.717, 1.165) is 30.4 Å². The molecule has 1 unspecified atom stereocenters. The molecule has 1 heterocycles. The van der Waals surface area contributed by atoms with E-state index in [-0.39, 0.29) is 23.3 Å². The molecular formula is C24H32N2O2S. The van der Waals surface area contributed by atoms with Gasteiger partial charge in [-0.15, -0.1) is 11.3 Å². The van der Waals surface area contributed by atoms with Gasteiger partial charge >= 0.3 is 0 Å². The van der Waals surface area contributed by atoms with Crippen LogP contribution in [-0.4, -0.2) is 17.9 Å². The monoisotopic (exact) mass is 412 g/mol. The van der Waals surface area contributed by atoms with Gasteiger partial charge in [-0.25, -0.2) is 0 Å². The van der Waals surface area contributed by atoms with Crippen LogP contribution in [0.4, 0.5) is 5.00 Å². The van der Waals surface area contributed by atoms with Crippen LogP contribution in [0.5, 0.6) is 0 Å². The Kier molecular flexibility index (Phi) is 6.18. The third-order valence-electron chi connectivity index (χ3n) is 5.68. The minimum absolute atomic E-state index is 0.0459. The van der Waals surface area contributed by atoms with Gasteiger partial charge in [0.25, 0.3) is 11.8 Å². The highest BCUT2D eigenvalue weighted by molar-refractivity contribution is 7.17. The zero-order chi connectivity index (χ0) is 21.3. The molecule has 0 bridgehead atoms. The van der Waals surface area contributed by atoms with E-state index in [1.807, 2.05) is 45.0 Å². The van der Waals surface area contributed by atoms with Gasteiger partial charge in [0.2, 0.25) is 0 Å². The molecular weight excluding hydrogens is 380 g/mol. The predicted octanol–water partition coefficient (Wildman–Crippen LogP) is 5.60. The number of fused-ring (bicyclic) bond motifs is 1. The normalized spacial score (nSPS) is 16.4. The Labute approximate surface area is 178 Å². The van der Waals surface area contributed by atoms with Crippen molar-refractivity contribution in [2.45, 2.75) is 66.8 Å². The van der Waals surface area contributed by atoms with Gasteiger partial charge in [-0.3, -0.25) is 9.59 Å². The number of benzene rings is 1. The first-order valence-electron chi connectivity index (χ1n) is 10.4. The summed E-state index contributed by atoms with van der Waals surface area (Å²) in [6, 6.07) is 7.54. The fourth-order valence-corrected chi connectivity index (χ4v) is 5.19. The Bertz CT molecular complexity index is 904. The summed E-state index contributed by atoms with van der Waals surface area (Å²) in [5.74, 6) is 0.316. The molecule has 1 aliphatic rings. The Morgan fingerprint density at radius 3 is 2.34 bits per heavy atom. The van der Waals surface area contributed by atoms with Crippen molar-refractivity contribution in [1.29, 1.82) is 0 Å². The first-order valence-corrected chi connectivity index (χ1v) is 11.2. The maximum atomic E-state index is 13.0. The van der Waals surface area contributed by atoms with Crippen molar-refractivity contribution in [1.82, 2.24) is 5.32 Å². The number of rotatable bonds is 4. The summed E-state index contributed by atoms with van der Waals surface area (Å²) in [5.41, 5.74) is 3.72. The highest BCUT2D eigenvalue weighted by Crippen LogP contribution is 2.44. The first kappa shape index (κ1) is 21.6. The van der Waals surface area contributed by atoms with Crippen LogP contribution in [0, 0.1) is 18.3 Å². The van der Waals surface area contributed by atoms with E-state index in [4.69, 9.17) is 0 Å². The molecule has 2 aromatic rings. The molecule has 5 heteroatoms. The van der Waals surface area contributed by atoms with Gasteiger partial charge < -0.3 is 10.6 Å². The van der Waals surface area contributed by atoms with Crippen LogP contribution < -0.4 is 10.6 Å². The highest BCUT2D eigenvalue weighted by atomic mass is 32.1. The molecule has 0 aliphatic heterocycles. The molecule has 0 spiro atoms. The lowest BCUT2D eigenvalue weighted by molar-refractivity contribution is 0.0943. The summed E-state index contributed by atoms with van der Waals surface area (Å²) in [7, 11) is 0. The molecule has 1 aliphatic carbocycles. The third-order valence-corrected chi connectivity index (χ3v) is 6.85. The molecule has 3 rings (SSSR count). The predicted molar refractivity (Wildman–Crippen MR) is 121 cm³/mol. The largest absolute Gasteiger partial charge is 0.350 e. The van der Waals surface area contributed by atoms with Gasteiger partial charge in [-0.2, -0.15) is 0 Å². The first-order chi connectivity index (χ1) is 13.6. The second-order valence-corrected chi connectivity index (χ2v) is 10.6. The van der Waals surface area contributed by atoms with Crippen molar-refractivity contribution in [2.75, 3.05) is 5.32 Å². The molecule has 4 nitrogen and oxygen atoms in total. The topological polar surface area (TPSA) is 58.2 Å². The van der Waals surface area contributed by atoms with Crippen LogP contribution in [0.1, 0.15) is 77.8 Å². The fraction of sp³-hybridized carbons (Fsp3) is 0.500. The van der Waals surface area contributed by atoms with E-state index in [0.29, 0.717) is 22.0 Å². The van der Waals surface area contributed by atoms with Crippen molar-refractivity contribution in [3.8, 4) is 0 Å². The van der Waals surface area contributed by atoms with Crippen molar-refractivity contribution in [3.63, 3.8) is 0 Å². The van der Waals surface area contributed by atoms with Crippen molar-refractivity contribution in [2.24, 2.45) is 11.3 Å². The summed E-state index contributed by atoms with van der Waals surface area (Å²) >= 11 is 1.57. The molecule has 1 atom stereocenters. The van der Waals surface area contributed by atoms with Gasteiger partial charge in [-0.05, 0) is 69.1 Å². The van der Waals surface area contributed by atoms with Gasteiger partial charge in [0.05, 0.1) is 5.56 Å². The lowest BCUT2D eigenvalue weighted by atomic mass is 9.72. The number of carbonyl (C=O) groups excluding carboxylic acids is 2. The van der Waals surface area contributed by atoms with E-state index >= 15 is 0 Å². The van der Waals surface area contributed by atoms with Crippen molar-refractivity contribution >= 4 is 28.2 Å². The minimum Gasteiger partial charge on any atom is -0.350 e. The summed E-state index contributed by atoms with van der Waals surface area (Å²) in [4.78, 5) is 27.1. The van der Waals surface area contributed by atoms with E-state index < -0.39 is 0 Å². The number of aryl methyl sites for hydroxylation is 1. The smallest absolute Gasteiger partial charge is 0.256 e. The Balaban J connectivity index is 1.95. The van der Waals surface area contributed by atoms with Crippen LogP contribution in [-0.2, 0) is 12.8 Å². The number of anilines is 1. The average Bonchev–Trinajstić information content (AvgIpc) is 2.97. The second kappa shape index (κ2) is 8.31. The molecule has 29 heavy (non-hydrogen) atoms. The number of hydrogen-bond donors (Lipinski definition) is 2. The zero-order valence-corrected chi connectivity index (χ0v) is 19.1. The third kappa shape index (κ3) is 4.89. The zero-order valence-electron chi connectivity index (χ0n) is 18.3. The van der Waals surface area contributed by atoms with Crippen LogP contribution in [0.25, 0.3) is 0 Å². The SMILES string of the molecule is Cc1ccc(C(=O)Nc2sc3c(c2C(=O)NC(C)C)CCC(C(C)(C)C)C3)cc1. The van der Waals surface area contributed by atoms with E-state index in [1.54, 1.807) is 11.3 Å². The molecule has 0 saturated carbocycles. The quantitative estimate of drug-likeness (QED) is 0.687. The number of hydrogen-bond acceptors (Lipinski definition) is 3. The number of thiophene rings is 1. The summed E-state index contributed by atoms with van der Waals surface area (Å²) in [5, 5.41) is 6.72. The van der Waals surface area contributed by atoms with E-state index in [2.05, 4.69) is 31.4 Å². The van der Waals surface area contributed by atoms with Gasteiger partial charge in [0.15, 0.2) is 0 Å². The lowest BCUT2D eigenvalue weighted by Gasteiger charge is -2.33. The number of amides is 2. The molecule has 2 N–H and O–H groups in total. The van der Waals surface area contributed by atoms with Crippen molar-refractivity contribution in [3.05, 3.63) is 51.4 Å². The maximum absolute atomic E-state index is 13.0. The molecule has 0 radical (unpaired) electrons. The maximum Gasteiger partial charge on any atom is 0.256 e. The molecule has 1 aromatic carbocycles. The van der Waals surface area contributed by atoms with Crippen LogP contribution in [0.2, 0.25) is 0 Å². The summed E-state index contributed by atoms with van der Waals surface area (Å²) in [6.07, 6.45) is 2.92. The molecule has 0 saturated heterocycles. The molecule has 156 valence electrons. The Morgan fingerprint density at radius 1 is 1.10 bits per heavy atom. The second-order valence-electron chi connectivity index (χ2n) is 9.46. The summed E-state index contributed by atoms with van der Waals surface area (Å²) in [6.45, 7) is 12.7. The van der Waals surface area contributed by atoms with Gasteiger partial charge in [-0.1, -0.05) is 38.5 Å². The molecule has 0 fully saturated rings. The molecule has 1 aromatic heterocycles. The van der Waals surface area contributed by atoms with Crippen LogP contribution >= 0.6 is 11.3 Å². The highest BCUT2D eigenvalue weighted by Gasteiger charge is 2.34. The molecule has 2 amide bonds. The number of nitrogens with one attached hydrogen (secondary N) is 2. The van der Waals surface area contributed by atoms with Gasteiger partial charge in [0.1, 0.15) is 5.00 Å². The van der Waals surface area contributed by atoms with Crippen LogP contribution in [0.3, 0.4) is 0 Å².